The number of hydrogen-bond acceptors (Lipinski definition) is 2. The summed E-state index contributed by atoms with van der Waals surface area (Å²) in [6.07, 6.45) is 5.26. The second kappa shape index (κ2) is 5.46. The number of nitrogens with zero attached hydrogens (tertiary/aromatic N) is 1. The lowest BCUT2D eigenvalue weighted by Crippen LogP contribution is -2.35. The molecule has 1 heterocycles. The molecule has 2 nitrogen and oxygen atoms in total. The van der Waals surface area contributed by atoms with Gasteiger partial charge in [0.15, 0.2) is 0 Å². The first-order valence-corrected chi connectivity index (χ1v) is 5.36. The van der Waals surface area contributed by atoms with E-state index in [-0.39, 0.29) is 0 Å². The molecule has 0 spiro atoms. The van der Waals surface area contributed by atoms with Crippen molar-refractivity contribution in [1.29, 1.82) is 0 Å². The number of amides is 1. The summed E-state index contributed by atoms with van der Waals surface area (Å²) in [7, 11) is 0. The summed E-state index contributed by atoms with van der Waals surface area (Å²) >= 11 is 4.09. The number of thiol groups is 1. The van der Waals surface area contributed by atoms with Gasteiger partial charge in [-0.25, -0.2) is 0 Å². The number of carbonyl (C=O) groups excluding carboxylic acids is 1. The molecule has 1 rings (SSSR count). The number of hydrogen-bond donors (Lipinski definition) is 1. The maximum Gasteiger partial charge on any atom is 0.222 e. The van der Waals surface area contributed by atoms with E-state index in [0.717, 1.165) is 25.3 Å². The molecule has 1 fully saturated rings. The molecule has 0 aromatic carbocycles. The number of carbonyl (C=O) groups is 1. The Morgan fingerprint density at radius 2 is 1.92 bits per heavy atom. The molecule has 0 saturated carbocycles. The van der Waals surface area contributed by atoms with Crippen LogP contribution < -0.4 is 0 Å². The van der Waals surface area contributed by atoms with Crippen LogP contribution in [0.1, 0.15) is 32.1 Å². The van der Waals surface area contributed by atoms with Crippen LogP contribution in [0.3, 0.4) is 0 Å². The summed E-state index contributed by atoms with van der Waals surface area (Å²) in [5.41, 5.74) is 0. The van der Waals surface area contributed by atoms with Gasteiger partial charge < -0.3 is 4.90 Å². The minimum Gasteiger partial charge on any atom is -0.343 e. The van der Waals surface area contributed by atoms with Crippen LogP contribution in [0.5, 0.6) is 0 Å². The van der Waals surface area contributed by atoms with E-state index in [9.17, 15) is 4.79 Å². The van der Waals surface area contributed by atoms with E-state index in [2.05, 4.69) is 12.6 Å². The average Bonchev–Trinajstić information content (AvgIpc) is 2.15. The van der Waals surface area contributed by atoms with Gasteiger partial charge in [0.1, 0.15) is 0 Å². The van der Waals surface area contributed by atoms with Crippen LogP contribution >= 0.6 is 12.6 Å². The van der Waals surface area contributed by atoms with E-state index in [1.165, 1.54) is 19.3 Å². The third-order valence-electron chi connectivity index (χ3n) is 2.26. The average molecular weight is 187 g/mol. The third-order valence-corrected chi connectivity index (χ3v) is 2.57. The van der Waals surface area contributed by atoms with Gasteiger partial charge in [-0.3, -0.25) is 4.79 Å². The fourth-order valence-electron chi connectivity index (χ4n) is 1.53. The van der Waals surface area contributed by atoms with Crippen molar-refractivity contribution in [2.75, 3.05) is 18.8 Å². The zero-order valence-corrected chi connectivity index (χ0v) is 8.35. The van der Waals surface area contributed by atoms with Crippen LogP contribution in [-0.4, -0.2) is 29.6 Å². The number of rotatable bonds is 3. The Morgan fingerprint density at radius 3 is 2.50 bits per heavy atom. The van der Waals surface area contributed by atoms with Gasteiger partial charge in [0.25, 0.3) is 0 Å². The monoisotopic (exact) mass is 187 g/mol. The largest absolute Gasteiger partial charge is 0.343 e. The molecule has 0 aliphatic carbocycles. The van der Waals surface area contributed by atoms with E-state index in [0.29, 0.717) is 12.3 Å². The van der Waals surface area contributed by atoms with Crippen molar-refractivity contribution >= 4 is 18.5 Å². The van der Waals surface area contributed by atoms with Gasteiger partial charge in [-0.2, -0.15) is 12.6 Å². The van der Waals surface area contributed by atoms with E-state index >= 15 is 0 Å². The van der Waals surface area contributed by atoms with Crippen molar-refractivity contribution in [3.8, 4) is 0 Å². The minimum absolute atomic E-state index is 0.323. The minimum atomic E-state index is 0.323. The molecular weight excluding hydrogens is 170 g/mol. The maximum atomic E-state index is 11.4. The van der Waals surface area contributed by atoms with Gasteiger partial charge in [-0.05, 0) is 31.4 Å². The summed E-state index contributed by atoms with van der Waals surface area (Å²) in [6, 6.07) is 0. The Kier molecular flexibility index (Phi) is 4.51. The summed E-state index contributed by atoms with van der Waals surface area (Å²) in [5, 5.41) is 0. The Morgan fingerprint density at radius 1 is 1.25 bits per heavy atom. The highest BCUT2D eigenvalue weighted by atomic mass is 32.1. The Bertz CT molecular complexity index is 143. The van der Waals surface area contributed by atoms with Crippen molar-refractivity contribution < 1.29 is 4.79 Å². The summed E-state index contributed by atoms with van der Waals surface area (Å²) in [6.45, 7) is 1.96. The maximum absolute atomic E-state index is 11.4. The van der Waals surface area contributed by atoms with Crippen LogP contribution in [0.2, 0.25) is 0 Å². The molecular formula is C9H17NOS. The number of likely N-dealkylation sites (tertiary alicyclic amines) is 1. The Hall–Kier alpha value is -0.180. The van der Waals surface area contributed by atoms with Gasteiger partial charge in [0, 0.05) is 19.5 Å². The first kappa shape index (κ1) is 9.90. The highest BCUT2D eigenvalue weighted by molar-refractivity contribution is 7.80. The highest BCUT2D eigenvalue weighted by Crippen LogP contribution is 2.10. The van der Waals surface area contributed by atoms with Crippen LogP contribution in [0.25, 0.3) is 0 Å². The normalized spacial score (nSPS) is 17.9. The van der Waals surface area contributed by atoms with Gasteiger partial charge in [-0.1, -0.05) is 0 Å². The molecule has 1 aliphatic heterocycles. The lowest BCUT2D eigenvalue weighted by molar-refractivity contribution is -0.132. The quantitative estimate of drug-likeness (QED) is 0.667. The molecule has 1 aliphatic rings. The molecule has 12 heavy (non-hydrogen) atoms. The van der Waals surface area contributed by atoms with Crippen molar-refractivity contribution in [2.24, 2.45) is 0 Å². The molecule has 70 valence electrons. The Labute approximate surface area is 79.7 Å². The molecule has 0 radical (unpaired) electrons. The second-order valence-electron chi connectivity index (χ2n) is 3.27. The van der Waals surface area contributed by atoms with Crippen molar-refractivity contribution in [2.45, 2.75) is 32.1 Å². The third kappa shape index (κ3) is 3.05. The van der Waals surface area contributed by atoms with Gasteiger partial charge in [-0.15, -0.1) is 0 Å². The first-order chi connectivity index (χ1) is 5.84. The molecule has 1 amide bonds. The molecule has 0 aromatic rings. The SMILES string of the molecule is O=C(CCCS)N1CCCCC1. The molecule has 0 bridgehead atoms. The smallest absolute Gasteiger partial charge is 0.222 e. The van der Waals surface area contributed by atoms with Gasteiger partial charge in [0.05, 0.1) is 0 Å². The zero-order chi connectivity index (χ0) is 8.81. The van der Waals surface area contributed by atoms with Crippen LogP contribution in [-0.2, 0) is 4.79 Å². The lowest BCUT2D eigenvalue weighted by Gasteiger charge is -2.26. The van der Waals surface area contributed by atoms with E-state index in [1.54, 1.807) is 0 Å². The fraction of sp³-hybridized carbons (Fsp3) is 0.889. The Balaban J connectivity index is 2.20. The lowest BCUT2D eigenvalue weighted by atomic mass is 10.1. The summed E-state index contributed by atoms with van der Waals surface area (Å²) < 4.78 is 0. The van der Waals surface area contributed by atoms with Crippen molar-refractivity contribution in [3.63, 3.8) is 0 Å². The molecule has 0 atom stereocenters. The van der Waals surface area contributed by atoms with Crippen molar-refractivity contribution in [1.82, 2.24) is 4.90 Å². The predicted octanol–water partition coefficient (Wildman–Crippen LogP) is 1.71. The van der Waals surface area contributed by atoms with Crippen LogP contribution in [0.15, 0.2) is 0 Å². The molecule has 0 unspecified atom stereocenters. The molecule has 1 saturated heterocycles. The van der Waals surface area contributed by atoms with Crippen LogP contribution in [0, 0.1) is 0 Å². The molecule has 0 aromatic heterocycles. The zero-order valence-electron chi connectivity index (χ0n) is 7.46. The second-order valence-corrected chi connectivity index (χ2v) is 3.72. The van der Waals surface area contributed by atoms with Gasteiger partial charge >= 0.3 is 0 Å². The van der Waals surface area contributed by atoms with E-state index < -0.39 is 0 Å². The number of piperidine rings is 1. The topological polar surface area (TPSA) is 20.3 Å². The fourth-order valence-corrected chi connectivity index (χ4v) is 1.69. The molecule has 0 N–H and O–H groups in total. The standard InChI is InChI=1S/C9H17NOS/c11-9(5-4-8-12)10-6-2-1-3-7-10/h12H,1-8H2. The summed E-state index contributed by atoms with van der Waals surface area (Å²) in [4.78, 5) is 13.4. The predicted molar refractivity (Wildman–Crippen MR) is 53.5 cm³/mol. The molecule has 3 heteroatoms. The van der Waals surface area contributed by atoms with Gasteiger partial charge in [0.2, 0.25) is 5.91 Å². The first-order valence-electron chi connectivity index (χ1n) is 4.73. The van der Waals surface area contributed by atoms with Crippen LogP contribution in [0.4, 0.5) is 0 Å². The highest BCUT2D eigenvalue weighted by Gasteiger charge is 2.14. The summed E-state index contributed by atoms with van der Waals surface area (Å²) in [5.74, 6) is 1.14. The van der Waals surface area contributed by atoms with Crippen molar-refractivity contribution in [3.05, 3.63) is 0 Å². The van der Waals surface area contributed by atoms with E-state index in [4.69, 9.17) is 0 Å². The van der Waals surface area contributed by atoms with E-state index in [1.807, 2.05) is 4.90 Å².